The number of hydrogen-bond acceptors (Lipinski definition) is 5. The van der Waals surface area contributed by atoms with Gasteiger partial charge in [-0.15, -0.1) is 6.58 Å². The summed E-state index contributed by atoms with van der Waals surface area (Å²) in [6.45, 7) is 4.06. The lowest BCUT2D eigenvalue weighted by Gasteiger charge is -2.15. The van der Waals surface area contributed by atoms with Crippen LogP contribution in [0.4, 0.5) is 4.39 Å². The molecule has 9 heteroatoms. The molecule has 182 valence electrons. The average molecular weight is 487 g/mol. The Bertz CT molecular complexity index is 1620. The smallest absolute Gasteiger partial charge is 0.332 e. The van der Waals surface area contributed by atoms with Crippen molar-refractivity contribution in [1.29, 1.82) is 0 Å². The van der Waals surface area contributed by atoms with Crippen molar-refractivity contribution in [2.45, 2.75) is 19.6 Å². The number of hydrogen-bond donors (Lipinski definition) is 1. The molecule has 0 spiro atoms. The molecule has 0 atom stereocenters. The second-order valence-electron chi connectivity index (χ2n) is 8.31. The average Bonchev–Trinajstić information content (AvgIpc) is 3.35. The standard InChI is InChI=1S/C27H22FN3O5/c1-2-10-30-26(33)21-8-7-19(25(32)29-14-17-6-9-23-24(12-17)36-16-35-23)13-22(21)31(27(30)34)15-18-4-3-5-20(28)11-18/h2-9,11-13H,1,10,14-16H2,(H,29,32). The summed E-state index contributed by atoms with van der Waals surface area (Å²) >= 11 is 0. The molecular weight excluding hydrogens is 465 g/mol. The molecular formula is C27H22FN3O5. The molecule has 1 aromatic heterocycles. The summed E-state index contributed by atoms with van der Waals surface area (Å²) in [5.74, 6) is 0.449. The van der Waals surface area contributed by atoms with Gasteiger partial charge < -0.3 is 14.8 Å². The Morgan fingerprint density at radius 2 is 1.83 bits per heavy atom. The highest BCUT2D eigenvalue weighted by Crippen LogP contribution is 2.32. The van der Waals surface area contributed by atoms with Gasteiger partial charge in [0.25, 0.3) is 11.5 Å². The van der Waals surface area contributed by atoms with E-state index in [-0.39, 0.29) is 48.8 Å². The lowest BCUT2D eigenvalue weighted by atomic mass is 10.1. The largest absolute Gasteiger partial charge is 0.454 e. The zero-order valence-electron chi connectivity index (χ0n) is 19.2. The van der Waals surface area contributed by atoms with E-state index in [1.165, 1.54) is 41.0 Å². The molecule has 4 aromatic rings. The quantitative estimate of drug-likeness (QED) is 0.405. The van der Waals surface area contributed by atoms with Crippen LogP contribution in [0.15, 0.2) is 82.9 Å². The molecule has 36 heavy (non-hydrogen) atoms. The highest BCUT2D eigenvalue weighted by molar-refractivity contribution is 5.97. The fraction of sp³-hybridized carbons (Fsp3) is 0.148. The van der Waals surface area contributed by atoms with Gasteiger partial charge in [0.1, 0.15) is 5.82 Å². The molecule has 0 unspecified atom stereocenters. The Morgan fingerprint density at radius 3 is 2.64 bits per heavy atom. The maximum absolute atomic E-state index is 13.8. The number of carbonyl (C=O) groups is 1. The topological polar surface area (TPSA) is 91.6 Å². The van der Waals surface area contributed by atoms with Crippen molar-refractivity contribution in [2.75, 3.05) is 6.79 Å². The minimum absolute atomic E-state index is 0.0206. The molecule has 1 aliphatic rings. The summed E-state index contributed by atoms with van der Waals surface area (Å²) in [5, 5.41) is 3.10. The SMILES string of the molecule is C=CCn1c(=O)c2ccc(C(=O)NCc3ccc4c(c3)OCO4)cc2n(Cc2cccc(F)c2)c1=O. The Balaban J connectivity index is 1.50. The van der Waals surface area contributed by atoms with Crippen LogP contribution in [0, 0.1) is 5.82 Å². The van der Waals surface area contributed by atoms with Crippen LogP contribution < -0.4 is 26.0 Å². The second-order valence-corrected chi connectivity index (χ2v) is 8.31. The minimum Gasteiger partial charge on any atom is -0.454 e. The van der Waals surface area contributed by atoms with Gasteiger partial charge in [-0.1, -0.05) is 24.3 Å². The van der Waals surface area contributed by atoms with Gasteiger partial charge in [0.15, 0.2) is 11.5 Å². The Labute approximate surface area is 204 Å². The predicted molar refractivity (Wildman–Crippen MR) is 132 cm³/mol. The Hall–Kier alpha value is -4.66. The van der Waals surface area contributed by atoms with Crippen LogP contribution in [0.1, 0.15) is 21.5 Å². The first-order chi connectivity index (χ1) is 17.4. The van der Waals surface area contributed by atoms with Crippen LogP contribution in [0.25, 0.3) is 10.9 Å². The second kappa shape index (κ2) is 9.53. The number of aromatic nitrogens is 2. The van der Waals surface area contributed by atoms with E-state index in [0.717, 1.165) is 10.1 Å². The maximum Gasteiger partial charge on any atom is 0.332 e. The molecule has 0 radical (unpaired) electrons. The number of fused-ring (bicyclic) bond motifs is 2. The van der Waals surface area contributed by atoms with Crippen LogP contribution in [-0.2, 0) is 19.6 Å². The van der Waals surface area contributed by atoms with Gasteiger partial charge in [-0.2, -0.15) is 0 Å². The number of benzene rings is 3. The summed E-state index contributed by atoms with van der Waals surface area (Å²) in [4.78, 5) is 39.2. The molecule has 1 aliphatic heterocycles. The Morgan fingerprint density at radius 1 is 1.00 bits per heavy atom. The van der Waals surface area contributed by atoms with Gasteiger partial charge in [0.05, 0.1) is 17.4 Å². The maximum atomic E-state index is 13.8. The zero-order valence-corrected chi connectivity index (χ0v) is 19.2. The first-order valence-corrected chi connectivity index (χ1v) is 11.2. The van der Waals surface area contributed by atoms with Crippen molar-refractivity contribution in [3.05, 3.63) is 117 Å². The molecule has 0 aliphatic carbocycles. The molecule has 0 saturated carbocycles. The van der Waals surface area contributed by atoms with Crippen LogP contribution in [0.2, 0.25) is 0 Å². The van der Waals surface area contributed by atoms with E-state index in [0.29, 0.717) is 17.1 Å². The number of ether oxygens (including phenoxy) is 2. The van der Waals surface area contributed by atoms with Crippen LogP contribution in [0.3, 0.4) is 0 Å². The van der Waals surface area contributed by atoms with Gasteiger partial charge in [0, 0.05) is 18.7 Å². The molecule has 1 N–H and O–H groups in total. The van der Waals surface area contributed by atoms with Crippen molar-refractivity contribution in [1.82, 2.24) is 14.5 Å². The van der Waals surface area contributed by atoms with E-state index in [1.54, 1.807) is 24.3 Å². The summed E-state index contributed by atoms with van der Waals surface area (Å²) in [5.41, 5.74) is 0.859. The third-order valence-electron chi connectivity index (χ3n) is 5.92. The first-order valence-electron chi connectivity index (χ1n) is 11.2. The predicted octanol–water partition coefficient (Wildman–Crippen LogP) is 3.20. The molecule has 0 bridgehead atoms. The number of nitrogens with one attached hydrogen (secondary N) is 1. The van der Waals surface area contributed by atoms with Crippen molar-refractivity contribution in [3.8, 4) is 11.5 Å². The number of amides is 1. The highest BCUT2D eigenvalue weighted by atomic mass is 19.1. The fourth-order valence-corrected chi connectivity index (χ4v) is 4.15. The third-order valence-corrected chi connectivity index (χ3v) is 5.92. The van der Waals surface area contributed by atoms with Crippen LogP contribution in [0.5, 0.6) is 11.5 Å². The van der Waals surface area contributed by atoms with Crippen molar-refractivity contribution in [3.63, 3.8) is 0 Å². The summed E-state index contributed by atoms with van der Waals surface area (Å²) < 4.78 is 26.9. The lowest BCUT2D eigenvalue weighted by molar-refractivity contribution is 0.0951. The highest BCUT2D eigenvalue weighted by Gasteiger charge is 2.17. The van der Waals surface area contributed by atoms with Gasteiger partial charge in [0.2, 0.25) is 6.79 Å². The molecule has 0 fully saturated rings. The van der Waals surface area contributed by atoms with Crippen molar-refractivity contribution in [2.24, 2.45) is 0 Å². The van der Waals surface area contributed by atoms with E-state index in [4.69, 9.17) is 9.47 Å². The normalized spacial score (nSPS) is 12.0. The van der Waals surface area contributed by atoms with E-state index in [9.17, 15) is 18.8 Å². The molecule has 8 nitrogen and oxygen atoms in total. The number of allylic oxidation sites excluding steroid dienone is 1. The number of halogens is 1. The van der Waals surface area contributed by atoms with Gasteiger partial charge in [-0.25, -0.2) is 9.18 Å². The van der Waals surface area contributed by atoms with Crippen molar-refractivity contribution >= 4 is 16.8 Å². The van der Waals surface area contributed by atoms with Gasteiger partial charge >= 0.3 is 5.69 Å². The molecule has 3 aromatic carbocycles. The summed E-state index contributed by atoms with van der Waals surface area (Å²) in [6, 6.07) is 15.8. The van der Waals surface area contributed by atoms with Crippen LogP contribution >= 0.6 is 0 Å². The van der Waals surface area contributed by atoms with E-state index in [2.05, 4.69) is 11.9 Å². The number of rotatable bonds is 7. The monoisotopic (exact) mass is 487 g/mol. The van der Waals surface area contributed by atoms with Crippen LogP contribution in [-0.4, -0.2) is 21.8 Å². The number of carbonyl (C=O) groups excluding carboxylic acids is 1. The van der Waals surface area contributed by atoms with Crippen molar-refractivity contribution < 1.29 is 18.7 Å². The van der Waals surface area contributed by atoms with Gasteiger partial charge in [-0.05, 0) is 53.6 Å². The lowest BCUT2D eigenvalue weighted by Crippen LogP contribution is -2.40. The molecule has 2 heterocycles. The minimum atomic E-state index is -0.574. The fourth-order valence-electron chi connectivity index (χ4n) is 4.15. The summed E-state index contributed by atoms with van der Waals surface area (Å²) in [6.07, 6.45) is 1.46. The summed E-state index contributed by atoms with van der Waals surface area (Å²) in [7, 11) is 0. The molecule has 0 saturated heterocycles. The zero-order chi connectivity index (χ0) is 25.2. The van der Waals surface area contributed by atoms with E-state index in [1.807, 2.05) is 6.07 Å². The first kappa shape index (κ1) is 23.1. The van der Waals surface area contributed by atoms with Gasteiger partial charge in [-0.3, -0.25) is 18.7 Å². The molecule has 1 amide bonds. The number of nitrogens with zero attached hydrogens (tertiary/aromatic N) is 2. The third kappa shape index (κ3) is 4.38. The van der Waals surface area contributed by atoms with E-state index >= 15 is 0 Å². The molecule has 5 rings (SSSR count). The Kier molecular flexibility index (Phi) is 6.12. The van der Waals surface area contributed by atoms with E-state index < -0.39 is 17.1 Å².